The number of anilines is 2. The topological polar surface area (TPSA) is 126 Å². The number of nitrogen functional groups attached to an aromatic ring is 1. The van der Waals surface area contributed by atoms with Gasteiger partial charge in [0.15, 0.2) is 5.16 Å². The SMILES string of the molecule is CCOC(=O)c1cnc(S[C@H](CC)C(=O)Nc2cc(OC)ccc2OC)nc1N. The minimum Gasteiger partial charge on any atom is -0.497 e. The molecule has 3 N–H and O–H groups in total. The van der Waals surface area contributed by atoms with Crippen LogP contribution in [0.4, 0.5) is 11.5 Å². The van der Waals surface area contributed by atoms with Crippen molar-refractivity contribution >= 4 is 35.1 Å². The van der Waals surface area contributed by atoms with Gasteiger partial charge >= 0.3 is 5.97 Å². The molecule has 0 radical (unpaired) electrons. The van der Waals surface area contributed by atoms with Crippen LogP contribution in [0.1, 0.15) is 30.6 Å². The molecular formula is C19H24N4O5S. The van der Waals surface area contributed by atoms with Crippen molar-refractivity contribution in [2.75, 3.05) is 31.9 Å². The molecular weight excluding hydrogens is 396 g/mol. The zero-order chi connectivity index (χ0) is 21.4. The molecule has 10 heteroatoms. The lowest BCUT2D eigenvalue weighted by atomic mass is 10.2. The normalized spacial score (nSPS) is 11.4. The summed E-state index contributed by atoms with van der Waals surface area (Å²) in [4.78, 5) is 32.8. The standard InChI is InChI=1S/C19H24N4O5S/c1-5-15(17(24)22-13-9-11(26-3)7-8-14(13)27-4)29-19-21-10-12(16(20)23-19)18(25)28-6-2/h7-10,15H,5-6H2,1-4H3,(H,22,24)(H2,20,21,23)/t15-/m1/s1. The molecule has 0 bridgehead atoms. The maximum absolute atomic E-state index is 12.8. The van der Waals surface area contributed by atoms with E-state index in [2.05, 4.69) is 15.3 Å². The van der Waals surface area contributed by atoms with Crippen LogP contribution < -0.4 is 20.5 Å². The van der Waals surface area contributed by atoms with E-state index in [1.807, 2.05) is 6.92 Å². The predicted molar refractivity (Wildman–Crippen MR) is 111 cm³/mol. The lowest BCUT2D eigenvalue weighted by Gasteiger charge is -2.16. The Labute approximate surface area is 173 Å². The van der Waals surface area contributed by atoms with Crippen LogP contribution in [0.25, 0.3) is 0 Å². The Bertz CT molecular complexity index is 878. The van der Waals surface area contributed by atoms with Crippen molar-refractivity contribution in [2.45, 2.75) is 30.7 Å². The van der Waals surface area contributed by atoms with Gasteiger partial charge in [0.05, 0.1) is 31.8 Å². The minimum atomic E-state index is -0.587. The lowest BCUT2D eigenvalue weighted by molar-refractivity contribution is -0.115. The number of esters is 1. The predicted octanol–water partition coefficient (Wildman–Crippen LogP) is 2.76. The van der Waals surface area contributed by atoms with E-state index in [1.165, 1.54) is 13.3 Å². The van der Waals surface area contributed by atoms with Gasteiger partial charge in [-0.15, -0.1) is 0 Å². The van der Waals surface area contributed by atoms with E-state index in [1.54, 1.807) is 32.2 Å². The van der Waals surface area contributed by atoms with Crippen LogP contribution in [0.2, 0.25) is 0 Å². The van der Waals surface area contributed by atoms with E-state index < -0.39 is 11.2 Å². The number of benzene rings is 1. The highest BCUT2D eigenvalue weighted by Gasteiger charge is 2.22. The second-order valence-electron chi connectivity index (χ2n) is 5.74. The summed E-state index contributed by atoms with van der Waals surface area (Å²) in [6.45, 7) is 3.79. The number of methoxy groups -OCH3 is 2. The van der Waals surface area contributed by atoms with Crippen molar-refractivity contribution in [1.82, 2.24) is 9.97 Å². The van der Waals surface area contributed by atoms with Crippen molar-refractivity contribution in [3.63, 3.8) is 0 Å². The van der Waals surface area contributed by atoms with Gasteiger partial charge in [0.25, 0.3) is 0 Å². The molecule has 1 atom stereocenters. The highest BCUT2D eigenvalue weighted by atomic mass is 32.2. The third-order valence-corrected chi connectivity index (χ3v) is 5.11. The molecule has 1 heterocycles. The zero-order valence-corrected chi connectivity index (χ0v) is 17.5. The number of carbonyl (C=O) groups is 2. The molecule has 2 aromatic rings. The molecule has 0 saturated carbocycles. The second kappa shape index (κ2) is 10.5. The first-order valence-corrected chi connectivity index (χ1v) is 9.80. The average Bonchev–Trinajstić information content (AvgIpc) is 2.71. The van der Waals surface area contributed by atoms with Gasteiger partial charge in [0.2, 0.25) is 5.91 Å². The Morgan fingerprint density at radius 2 is 2.00 bits per heavy atom. The Hall–Kier alpha value is -3.01. The molecule has 0 fully saturated rings. The third-order valence-electron chi connectivity index (χ3n) is 3.87. The maximum Gasteiger partial charge on any atom is 0.343 e. The van der Waals surface area contributed by atoms with Crippen LogP contribution in [-0.4, -0.2) is 47.9 Å². The summed E-state index contributed by atoms with van der Waals surface area (Å²) in [5.41, 5.74) is 6.43. The molecule has 1 amide bonds. The molecule has 0 spiro atoms. The Balaban J connectivity index is 2.15. The van der Waals surface area contributed by atoms with E-state index in [-0.39, 0.29) is 29.1 Å². The fourth-order valence-electron chi connectivity index (χ4n) is 2.38. The van der Waals surface area contributed by atoms with Gasteiger partial charge in [-0.05, 0) is 25.5 Å². The maximum atomic E-state index is 12.8. The number of aromatic nitrogens is 2. The van der Waals surface area contributed by atoms with Crippen LogP contribution in [-0.2, 0) is 9.53 Å². The first-order chi connectivity index (χ1) is 13.9. The number of thioether (sulfide) groups is 1. The second-order valence-corrected chi connectivity index (χ2v) is 6.91. The van der Waals surface area contributed by atoms with E-state index in [9.17, 15) is 9.59 Å². The lowest BCUT2D eigenvalue weighted by Crippen LogP contribution is -2.25. The van der Waals surface area contributed by atoms with Crippen molar-refractivity contribution in [2.24, 2.45) is 0 Å². The summed E-state index contributed by atoms with van der Waals surface area (Å²) in [6.07, 6.45) is 1.82. The molecule has 0 aliphatic heterocycles. The smallest absolute Gasteiger partial charge is 0.343 e. The van der Waals surface area contributed by atoms with Gasteiger partial charge in [-0.25, -0.2) is 14.8 Å². The Morgan fingerprint density at radius 1 is 1.24 bits per heavy atom. The number of nitrogens with zero attached hydrogens (tertiary/aromatic N) is 2. The van der Waals surface area contributed by atoms with E-state index in [4.69, 9.17) is 19.9 Å². The van der Waals surface area contributed by atoms with Crippen molar-refractivity contribution in [3.05, 3.63) is 30.0 Å². The van der Waals surface area contributed by atoms with Crippen molar-refractivity contribution in [1.29, 1.82) is 0 Å². The number of amides is 1. The van der Waals surface area contributed by atoms with Crippen LogP contribution >= 0.6 is 11.8 Å². The van der Waals surface area contributed by atoms with Crippen molar-refractivity contribution < 1.29 is 23.8 Å². The van der Waals surface area contributed by atoms with Gasteiger partial charge in [-0.2, -0.15) is 0 Å². The summed E-state index contributed by atoms with van der Waals surface area (Å²) >= 11 is 1.15. The third kappa shape index (κ3) is 5.74. The molecule has 0 aliphatic carbocycles. The molecule has 0 aliphatic rings. The molecule has 1 aromatic carbocycles. The number of nitrogens with one attached hydrogen (secondary N) is 1. The molecule has 2 rings (SSSR count). The van der Waals surface area contributed by atoms with Gasteiger partial charge in [-0.3, -0.25) is 4.79 Å². The highest BCUT2D eigenvalue weighted by Crippen LogP contribution is 2.31. The fourth-order valence-corrected chi connectivity index (χ4v) is 3.23. The van der Waals surface area contributed by atoms with Crippen LogP contribution in [0, 0.1) is 0 Å². The monoisotopic (exact) mass is 420 g/mol. The molecule has 156 valence electrons. The first kappa shape index (κ1) is 22.3. The first-order valence-electron chi connectivity index (χ1n) is 8.92. The molecule has 1 aromatic heterocycles. The summed E-state index contributed by atoms with van der Waals surface area (Å²) < 4.78 is 15.4. The summed E-state index contributed by atoms with van der Waals surface area (Å²) in [6, 6.07) is 5.12. The molecule has 0 saturated heterocycles. The van der Waals surface area contributed by atoms with Crippen molar-refractivity contribution in [3.8, 4) is 11.5 Å². The largest absolute Gasteiger partial charge is 0.497 e. The number of ether oxygens (including phenoxy) is 3. The highest BCUT2D eigenvalue weighted by molar-refractivity contribution is 8.00. The Kier molecular flexibility index (Phi) is 8.08. The van der Waals surface area contributed by atoms with Gasteiger partial charge < -0.3 is 25.3 Å². The van der Waals surface area contributed by atoms with E-state index in [0.717, 1.165) is 11.8 Å². The average molecular weight is 420 g/mol. The van der Waals surface area contributed by atoms with Crippen LogP contribution in [0.3, 0.4) is 0 Å². The number of carbonyl (C=O) groups excluding carboxylic acids is 2. The number of hydrogen-bond acceptors (Lipinski definition) is 9. The zero-order valence-electron chi connectivity index (χ0n) is 16.7. The number of nitrogens with two attached hydrogens (primary N) is 1. The number of rotatable bonds is 9. The summed E-state index contributed by atoms with van der Waals surface area (Å²) in [5.74, 6) is 0.272. The van der Waals surface area contributed by atoms with Crippen LogP contribution in [0.15, 0.2) is 29.6 Å². The fraction of sp³-hybridized carbons (Fsp3) is 0.368. The van der Waals surface area contributed by atoms with E-state index >= 15 is 0 Å². The van der Waals surface area contributed by atoms with Gasteiger partial charge in [-0.1, -0.05) is 18.7 Å². The van der Waals surface area contributed by atoms with Crippen LogP contribution in [0.5, 0.6) is 11.5 Å². The summed E-state index contributed by atoms with van der Waals surface area (Å²) in [7, 11) is 3.06. The van der Waals surface area contributed by atoms with E-state index in [0.29, 0.717) is 23.6 Å². The quantitative estimate of drug-likeness (QED) is 0.358. The molecule has 9 nitrogen and oxygen atoms in total. The van der Waals surface area contributed by atoms with Gasteiger partial charge in [0, 0.05) is 12.3 Å². The summed E-state index contributed by atoms with van der Waals surface area (Å²) in [5, 5.41) is 2.64. The Morgan fingerprint density at radius 3 is 2.59 bits per heavy atom. The molecule has 29 heavy (non-hydrogen) atoms. The molecule has 0 unspecified atom stereocenters. The minimum absolute atomic E-state index is 0.00526. The number of hydrogen-bond donors (Lipinski definition) is 2. The van der Waals surface area contributed by atoms with Gasteiger partial charge in [0.1, 0.15) is 22.9 Å².